The van der Waals surface area contributed by atoms with Gasteiger partial charge in [0.15, 0.2) is 0 Å². The van der Waals surface area contributed by atoms with Crippen LogP contribution in [0.4, 0.5) is 0 Å². The van der Waals surface area contributed by atoms with Crippen molar-refractivity contribution in [3.05, 3.63) is 23.9 Å². The minimum absolute atomic E-state index is 0. The van der Waals surface area contributed by atoms with Crippen molar-refractivity contribution in [1.29, 1.82) is 0 Å². The van der Waals surface area contributed by atoms with E-state index in [2.05, 4.69) is 28.2 Å². The summed E-state index contributed by atoms with van der Waals surface area (Å²) in [6.07, 6.45) is 0. The SMILES string of the molecule is CCOc1cccc(CN2CCNC(C)C2)n1.Cl. The summed E-state index contributed by atoms with van der Waals surface area (Å²) in [5.41, 5.74) is 1.09. The second-order valence-electron chi connectivity index (χ2n) is 4.49. The highest BCUT2D eigenvalue weighted by Crippen LogP contribution is 2.10. The summed E-state index contributed by atoms with van der Waals surface area (Å²) in [6.45, 7) is 9.01. The van der Waals surface area contributed by atoms with Crippen molar-refractivity contribution >= 4 is 12.4 Å². The zero-order valence-electron chi connectivity index (χ0n) is 11.1. The van der Waals surface area contributed by atoms with Crippen LogP contribution in [0.2, 0.25) is 0 Å². The molecular weight excluding hydrogens is 250 g/mol. The van der Waals surface area contributed by atoms with Gasteiger partial charge in [0.1, 0.15) is 0 Å². The normalized spacial score (nSPS) is 20.2. The molecule has 1 aromatic heterocycles. The summed E-state index contributed by atoms with van der Waals surface area (Å²) in [6, 6.07) is 6.56. The smallest absolute Gasteiger partial charge is 0.213 e. The van der Waals surface area contributed by atoms with Crippen molar-refractivity contribution in [1.82, 2.24) is 15.2 Å². The van der Waals surface area contributed by atoms with Crippen molar-refractivity contribution < 1.29 is 4.74 Å². The number of ether oxygens (including phenoxy) is 1. The van der Waals surface area contributed by atoms with Gasteiger partial charge in [0, 0.05) is 38.3 Å². The highest BCUT2D eigenvalue weighted by Gasteiger charge is 2.15. The van der Waals surface area contributed by atoms with E-state index in [1.807, 2.05) is 19.1 Å². The van der Waals surface area contributed by atoms with E-state index in [-0.39, 0.29) is 12.4 Å². The molecule has 1 aliphatic heterocycles. The zero-order valence-corrected chi connectivity index (χ0v) is 11.9. The minimum Gasteiger partial charge on any atom is -0.478 e. The lowest BCUT2D eigenvalue weighted by Crippen LogP contribution is -2.48. The number of hydrogen-bond donors (Lipinski definition) is 1. The van der Waals surface area contributed by atoms with Crippen LogP contribution in [-0.2, 0) is 6.54 Å². The van der Waals surface area contributed by atoms with E-state index in [4.69, 9.17) is 4.74 Å². The van der Waals surface area contributed by atoms with Crippen LogP contribution < -0.4 is 10.1 Å². The molecule has 0 amide bonds. The number of piperazine rings is 1. The summed E-state index contributed by atoms with van der Waals surface area (Å²) in [5.74, 6) is 0.730. The molecule has 2 rings (SSSR count). The Balaban J connectivity index is 0.00000162. The lowest BCUT2D eigenvalue weighted by Gasteiger charge is -2.31. The largest absolute Gasteiger partial charge is 0.478 e. The van der Waals surface area contributed by atoms with Crippen molar-refractivity contribution in [2.24, 2.45) is 0 Å². The van der Waals surface area contributed by atoms with Crippen molar-refractivity contribution in [2.75, 3.05) is 26.2 Å². The Labute approximate surface area is 115 Å². The van der Waals surface area contributed by atoms with Crippen LogP contribution >= 0.6 is 12.4 Å². The molecule has 0 aromatic carbocycles. The highest BCUT2D eigenvalue weighted by atomic mass is 35.5. The lowest BCUT2D eigenvalue weighted by molar-refractivity contribution is 0.197. The van der Waals surface area contributed by atoms with Gasteiger partial charge < -0.3 is 10.1 Å². The number of rotatable bonds is 4. The predicted molar refractivity (Wildman–Crippen MR) is 75.4 cm³/mol. The fourth-order valence-electron chi connectivity index (χ4n) is 2.16. The molecule has 0 aliphatic carbocycles. The van der Waals surface area contributed by atoms with E-state index in [1.54, 1.807) is 0 Å². The average Bonchev–Trinajstić information content (AvgIpc) is 2.30. The maximum atomic E-state index is 5.41. The molecule has 0 bridgehead atoms. The third kappa shape index (κ3) is 4.44. The van der Waals surface area contributed by atoms with E-state index in [9.17, 15) is 0 Å². The molecule has 1 unspecified atom stereocenters. The lowest BCUT2D eigenvalue weighted by atomic mass is 10.2. The van der Waals surface area contributed by atoms with Crippen molar-refractivity contribution in [2.45, 2.75) is 26.4 Å². The first-order valence-corrected chi connectivity index (χ1v) is 6.32. The van der Waals surface area contributed by atoms with Crippen LogP contribution in [0.25, 0.3) is 0 Å². The molecule has 2 heterocycles. The summed E-state index contributed by atoms with van der Waals surface area (Å²) < 4.78 is 5.41. The first-order chi connectivity index (χ1) is 8.28. The van der Waals surface area contributed by atoms with Gasteiger partial charge in [0.25, 0.3) is 0 Å². The molecule has 18 heavy (non-hydrogen) atoms. The topological polar surface area (TPSA) is 37.4 Å². The van der Waals surface area contributed by atoms with Crippen LogP contribution in [0, 0.1) is 0 Å². The first kappa shape index (κ1) is 15.2. The Morgan fingerprint density at radius 1 is 1.50 bits per heavy atom. The van der Waals surface area contributed by atoms with Crippen LogP contribution in [0.15, 0.2) is 18.2 Å². The highest BCUT2D eigenvalue weighted by molar-refractivity contribution is 5.85. The Morgan fingerprint density at radius 2 is 2.33 bits per heavy atom. The third-order valence-corrected chi connectivity index (χ3v) is 2.91. The molecular formula is C13H22ClN3O. The number of nitrogens with zero attached hydrogens (tertiary/aromatic N) is 2. The van der Waals surface area contributed by atoms with Gasteiger partial charge in [-0.1, -0.05) is 6.07 Å². The van der Waals surface area contributed by atoms with Gasteiger partial charge in [-0.2, -0.15) is 0 Å². The van der Waals surface area contributed by atoms with Crippen molar-refractivity contribution in [3.63, 3.8) is 0 Å². The van der Waals surface area contributed by atoms with Gasteiger partial charge >= 0.3 is 0 Å². The number of aromatic nitrogens is 1. The number of halogens is 1. The van der Waals surface area contributed by atoms with Gasteiger partial charge in [0.2, 0.25) is 5.88 Å². The summed E-state index contributed by atoms with van der Waals surface area (Å²) in [5, 5.41) is 3.44. The van der Waals surface area contributed by atoms with Crippen molar-refractivity contribution in [3.8, 4) is 5.88 Å². The van der Waals surface area contributed by atoms with Crippen LogP contribution in [-0.4, -0.2) is 42.2 Å². The van der Waals surface area contributed by atoms with E-state index >= 15 is 0 Å². The summed E-state index contributed by atoms with van der Waals surface area (Å²) in [7, 11) is 0. The van der Waals surface area contributed by atoms with Crippen LogP contribution in [0.3, 0.4) is 0 Å². The second-order valence-corrected chi connectivity index (χ2v) is 4.49. The standard InChI is InChI=1S/C13H21N3O.ClH/c1-3-17-13-6-4-5-12(15-13)10-16-8-7-14-11(2)9-16;/h4-6,11,14H,3,7-10H2,1-2H3;1H. The second kappa shape index (κ2) is 7.56. The molecule has 1 fully saturated rings. The first-order valence-electron chi connectivity index (χ1n) is 6.32. The molecule has 0 saturated carbocycles. The molecule has 1 saturated heterocycles. The number of hydrogen-bond acceptors (Lipinski definition) is 4. The predicted octanol–water partition coefficient (Wildman–Crippen LogP) is 1.70. The van der Waals surface area contributed by atoms with Gasteiger partial charge in [-0.05, 0) is 19.9 Å². The Hall–Kier alpha value is -0.840. The third-order valence-electron chi connectivity index (χ3n) is 2.91. The molecule has 1 aromatic rings. The molecule has 102 valence electrons. The van der Waals surface area contributed by atoms with Crippen LogP contribution in [0.5, 0.6) is 5.88 Å². The quantitative estimate of drug-likeness (QED) is 0.905. The van der Waals surface area contributed by atoms with E-state index in [0.29, 0.717) is 12.6 Å². The average molecular weight is 272 g/mol. The Bertz CT molecular complexity index is 362. The van der Waals surface area contributed by atoms with E-state index in [1.165, 1.54) is 0 Å². The Morgan fingerprint density at radius 3 is 3.06 bits per heavy atom. The number of nitrogens with one attached hydrogen (secondary N) is 1. The zero-order chi connectivity index (χ0) is 12.1. The minimum atomic E-state index is 0. The molecule has 1 atom stereocenters. The Kier molecular flexibility index (Phi) is 6.39. The monoisotopic (exact) mass is 271 g/mol. The fourth-order valence-corrected chi connectivity index (χ4v) is 2.16. The summed E-state index contributed by atoms with van der Waals surface area (Å²) in [4.78, 5) is 6.93. The molecule has 0 spiro atoms. The van der Waals surface area contributed by atoms with Crippen LogP contribution in [0.1, 0.15) is 19.5 Å². The maximum Gasteiger partial charge on any atom is 0.213 e. The van der Waals surface area contributed by atoms with Gasteiger partial charge in [-0.15, -0.1) is 12.4 Å². The van der Waals surface area contributed by atoms with E-state index in [0.717, 1.165) is 37.8 Å². The molecule has 4 nitrogen and oxygen atoms in total. The summed E-state index contributed by atoms with van der Waals surface area (Å²) >= 11 is 0. The molecule has 1 N–H and O–H groups in total. The van der Waals surface area contributed by atoms with E-state index < -0.39 is 0 Å². The van der Waals surface area contributed by atoms with Gasteiger partial charge in [-0.3, -0.25) is 4.90 Å². The molecule has 0 radical (unpaired) electrons. The maximum absolute atomic E-state index is 5.41. The van der Waals surface area contributed by atoms with Gasteiger partial charge in [-0.25, -0.2) is 4.98 Å². The fraction of sp³-hybridized carbons (Fsp3) is 0.615. The molecule has 1 aliphatic rings. The number of pyridine rings is 1. The van der Waals surface area contributed by atoms with Gasteiger partial charge in [0.05, 0.1) is 12.3 Å². The molecule has 5 heteroatoms.